The third-order valence-corrected chi connectivity index (χ3v) is 8.42. The van der Waals surface area contributed by atoms with Gasteiger partial charge in [0.15, 0.2) is 5.78 Å². The molecule has 1 heterocycles. The first-order chi connectivity index (χ1) is 18.1. The first kappa shape index (κ1) is 27.7. The van der Waals surface area contributed by atoms with Crippen LogP contribution in [0.25, 0.3) is 0 Å². The summed E-state index contributed by atoms with van der Waals surface area (Å²) in [6.07, 6.45) is -2.78. The van der Waals surface area contributed by atoms with Gasteiger partial charge in [0.1, 0.15) is 23.0 Å². The fourth-order valence-corrected chi connectivity index (χ4v) is 6.33. The predicted molar refractivity (Wildman–Crippen MR) is 135 cm³/mol. The zero-order chi connectivity index (χ0) is 27.3. The molecule has 1 fully saturated rings. The van der Waals surface area contributed by atoms with Crippen LogP contribution in [0.15, 0.2) is 77.7 Å². The molecule has 1 aliphatic heterocycles. The van der Waals surface area contributed by atoms with E-state index in [4.69, 9.17) is 9.47 Å². The van der Waals surface area contributed by atoms with Gasteiger partial charge >= 0.3 is 6.18 Å². The topological polar surface area (TPSA) is 72.9 Å². The number of rotatable bonds is 10. The number of halogens is 3. The van der Waals surface area contributed by atoms with Crippen molar-refractivity contribution in [2.24, 2.45) is 0 Å². The Labute approximate surface area is 220 Å². The number of nitrogens with zero attached hydrogens (tertiary/aromatic N) is 1. The molecule has 1 aliphatic rings. The summed E-state index contributed by atoms with van der Waals surface area (Å²) in [4.78, 5) is 13.1. The number of methoxy groups -OCH3 is 1. The minimum absolute atomic E-state index is 0.0418. The van der Waals surface area contributed by atoms with Crippen LogP contribution in [-0.2, 0) is 34.0 Å². The molecule has 1 atom stereocenters. The van der Waals surface area contributed by atoms with Crippen LogP contribution in [0.5, 0.6) is 11.5 Å². The number of ketones is 1. The normalized spacial score (nSPS) is 16.4. The second-order valence-corrected chi connectivity index (χ2v) is 10.9. The monoisotopic (exact) mass is 547 g/mol. The molecule has 1 saturated heterocycles. The Morgan fingerprint density at radius 2 is 1.74 bits per heavy atom. The van der Waals surface area contributed by atoms with Crippen molar-refractivity contribution in [3.8, 4) is 11.5 Å². The highest BCUT2D eigenvalue weighted by atomic mass is 32.2. The van der Waals surface area contributed by atoms with Gasteiger partial charge in [-0.25, -0.2) is 8.42 Å². The van der Waals surface area contributed by atoms with Gasteiger partial charge in [-0.2, -0.15) is 17.5 Å². The lowest BCUT2D eigenvalue weighted by atomic mass is 10.0. The molecule has 3 aromatic rings. The van der Waals surface area contributed by atoms with E-state index in [1.54, 1.807) is 36.4 Å². The summed E-state index contributed by atoms with van der Waals surface area (Å²) in [5.41, 5.74) is 0.709. The minimum Gasteiger partial charge on any atom is -0.495 e. The lowest BCUT2D eigenvalue weighted by molar-refractivity contribution is -0.137. The number of Topliss-reactive ketones (excluding diaryl/α,β-unsaturated/α-hetero) is 1. The van der Waals surface area contributed by atoms with Crippen molar-refractivity contribution >= 4 is 15.8 Å². The number of hydrogen-bond donors (Lipinski definition) is 0. The molecule has 0 amide bonds. The van der Waals surface area contributed by atoms with Crippen LogP contribution in [0.1, 0.15) is 36.0 Å². The number of benzene rings is 3. The summed E-state index contributed by atoms with van der Waals surface area (Å²) in [6, 6.07) is 17.5. The van der Waals surface area contributed by atoms with Crippen molar-refractivity contribution in [2.45, 2.75) is 49.4 Å². The van der Waals surface area contributed by atoms with Crippen molar-refractivity contribution < 1.29 is 35.9 Å². The number of ether oxygens (including phenoxy) is 2. The number of sulfonamides is 1. The standard InChI is InChI=1S/C28H28F3NO5S/c1-36-26-9-2-3-10-27(26)38(34,35)32-17-5-8-24(32)25(33)16-13-20-6-4-7-23(18-20)37-19-21-11-14-22(15-12-21)28(29,30)31/h2-4,6-7,9-12,14-15,18,24H,5,8,13,16-17,19H2,1H3/t24-/m0/s1. The Morgan fingerprint density at radius 1 is 1.00 bits per heavy atom. The van der Waals surface area contributed by atoms with Gasteiger partial charge in [0, 0.05) is 13.0 Å². The number of aryl methyl sites for hydroxylation is 1. The van der Waals surface area contributed by atoms with Crippen LogP contribution in [0.3, 0.4) is 0 Å². The Hall–Kier alpha value is -3.37. The van der Waals surface area contributed by atoms with Crippen LogP contribution < -0.4 is 9.47 Å². The molecule has 202 valence electrons. The van der Waals surface area contributed by atoms with E-state index in [1.807, 2.05) is 6.07 Å². The minimum atomic E-state index is -4.39. The van der Waals surface area contributed by atoms with E-state index in [1.165, 1.54) is 29.6 Å². The summed E-state index contributed by atoms with van der Waals surface area (Å²) in [5.74, 6) is 0.604. The second kappa shape index (κ2) is 11.6. The van der Waals surface area contributed by atoms with E-state index in [9.17, 15) is 26.4 Å². The molecular weight excluding hydrogens is 519 g/mol. The van der Waals surface area contributed by atoms with E-state index < -0.39 is 27.8 Å². The molecule has 0 radical (unpaired) electrons. The van der Waals surface area contributed by atoms with Gasteiger partial charge in [-0.1, -0.05) is 36.4 Å². The summed E-state index contributed by atoms with van der Waals surface area (Å²) < 4.78 is 77.1. The molecular formula is C28H28F3NO5S. The summed E-state index contributed by atoms with van der Waals surface area (Å²) in [6.45, 7) is 0.364. The zero-order valence-corrected chi connectivity index (χ0v) is 21.6. The molecule has 0 aliphatic carbocycles. The second-order valence-electron chi connectivity index (χ2n) is 9.02. The molecule has 0 unspecified atom stereocenters. The van der Waals surface area contributed by atoms with Crippen molar-refractivity contribution in [3.63, 3.8) is 0 Å². The molecule has 4 rings (SSSR count). The third-order valence-electron chi connectivity index (χ3n) is 6.48. The van der Waals surface area contributed by atoms with Crippen LogP contribution >= 0.6 is 0 Å². The van der Waals surface area contributed by atoms with Crippen molar-refractivity contribution in [1.82, 2.24) is 4.31 Å². The highest BCUT2D eigenvalue weighted by molar-refractivity contribution is 7.89. The Balaban J connectivity index is 1.37. The fourth-order valence-electron chi connectivity index (χ4n) is 4.49. The maximum absolute atomic E-state index is 13.3. The van der Waals surface area contributed by atoms with Gasteiger partial charge in [-0.15, -0.1) is 0 Å². The molecule has 0 spiro atoms. The largest absolute Gasteiger partial charge is 0.495 e. The van der Waals surface area contributed by atoms with Crippen LogP contribution in [0, 0.1) is 0 Å². The quantitative estimate of drug-likeness (QED) is 0.328. The Kier molecular flexibility index (Phi) is 8.42. The predicted octanol–water partition coefficient (Wildman–Crippen LogP) is 5.65. The van der Waals surface area contributed by atoms with Gasteiger partial charge in [-0.3, -0.25) is 4.79 Å². The maximum Gasteiger partial charge on any atom is 0.416 e. The van der Waals surface area contributed by atoms with E-state index in [0.29, 0.717) is 30.6 Å². The average molecular weight is 548 g/mol. The summed E-state index contributed by atoms with van der Waals surface area (Å²) in [5, 5.41) is 0. The van der Waals surface area contributed by atoms with Gasteiger partial charge in [-0.05, 0) is 66.8 Å². The number of alkyl halides is 3. The molecule has 0 N–H and O–H groups in total. The average Bonchev–Trinajstić information content (AvgIpc) is 3.42. The maximum atomic E-state index is 13.3. The Morgan fingerprint density at radius 3 is 2.45 bits per heavy atom. The summed E-state index contributed by atoms with van der Waals surface area (Å²) >= 11 is 0. The molecule has 38 heavy (non-hydrogen) atoms. The highest BCUT2D eigenvalue weighted by Crippen LogP contribution is 2.32. The van der Waals surface area contributed by atoms with E-state index >= 15 is 0 Å². The van der Waals surface area contributed by atoms with Crippen LogP contribution in [-0.4, -0.2) is 38.2 Å². The van der Waals surface area contributed by atoms with Crippen molar-refractivity contribution in [3.05, 3.63) is 89.5 Å². The molecule has 6 nitrogen and oxygen atoms in total. The van der Waals surface area contributed by atoms with Gasteiger partial charge in [0.25, 0.3) is 0 Å². The van der Waals surface area contributed by atoms with Crippen LogP contribution in [0.4, 0.5) is 13.2 Å². The van der Waals surface area contributed by atoms with Gasteiger partial charge < -0.3 is 9.47 Å². The van der Waals surface area contributed by atoms with E-state index in [0.717, 1.165) is 17.7 Å². The van der Waals surface area contributed by atoms with E-state index in [2.05, 4.69) is 0 Å². The lowest BCUT2D eigenvalue weighted by Gasteiger charge is -2.24. The lowest BCUT2D eigenvalue weighted by Crippen LogP contribution is -2.40. The molecule has 0 aromatic heterocycles. The number of carbonyl (C=O) groups excluding carboxylic acids is 1. The summed E-state index contributed by atoms with van der Waals surface area (Å²) in [7, 11) is -2.50. The zero-order valence-electron chi connectivity index (χ0n) is 20.8. The van der Waals surface area contributed by atoms with Crippen molar-refractivity contribution in [2.75, 3.05) is 13.7 Å². The smallest absolute Gasteiger partial charge is 0.416 e. The van der Waals surface area contributed by atoms with Crippen LogP contribution in [0.2, 0.25) is 0 Å². The third kappa shape index (κ3) is 6.36. The van der Waals surface area contributed by atoms with Gasteiger partial charge in [0.05, 0.1) is 18.7 Å². The fraction of sp³-hybridized carbons (Fsp3) is 0.321. The highest BCUT2D eigenvalue weighted by Gasteiger charge is 2.40. The SMILES string of the molecule is COc1ccccc1S(=O)(=O)N1CCC[C@H]1C(=O)CCc1cccc(OCc2ccc(C(F)(F)F)cc2)c1. The molecule has 10 heteroatoms. The van der Waals surface area contributed by atoms with E-state index in [-0.39, 0.29) is 36.0 Å². The first-order valence-corrected chi connectivity index (χ1v) is 13.6. The molecule has 0 saturated carbocycles. The number of para-hydroxylation sites is 1. The number of hydrogen-bond acceptors (Lipinski definition) is 5. The number of carbonyl (C=O) groups is 1. The first-order valence-electron chi connectivity index (χ1n) is 12.1. The van der Waals surface area contributed by atoms with Crippen molar-refractivity contribution in [1.29, 1.82) is 0 Å². The molecule has 3 aromatic carbocycles. The Bertz CT molecular complexity index is 1370. The molecule has 0 bridgehead atoms. The van der Waals surface area contributed by atoms with Gasteiger partial charge in [0.2, 0.25) is 10.0 Å².